The third-order valence-corrected chi connectivity index (χ3v) is 4.06. The lowest BCUT2D eigenvalue weighted by molar-refractivity contribution is 0.492. The number of fused-ring (bicyclic) bond motifs is 1. The Morgan fingerprint density at radius 2 is 2.16 bits per heavy atom. The molecular weight excluding hydrogens is 241 g/mol. The number of benzene rings is 1. The van der Waals surface area contributed by atoms with E-state index in [1.165, 1.54) is 6.07 Å². The maximum Gasteiger partial charge on any atom is 0.151 e. The van der Waals surface area contributed by atoms with E-state index in [4.69, 9.17) is 0 Å². The van der Waals surface area contributed by atoms with E-state index in [9.17, 15) is 4.39 Å². The smallest absolute Gasteiger partial charge is 0.151 e. The third kappa shape index (κ3) is 1.94. The molecule has 19 heavy (non-hydrogen) atoms. The van der Waals surface area contributed by atoms with Crippen LogP contribution in [0.4, 0.5) is 4.39 Å². The molecule has 1 aromatic carbocycles. The minimum Gasteiger partial charge on any atom is -0.325 e. The molecular formula is C15H20FN3. The van der Waals surface area contributed by atoms with Gasteiger partial charge in [0.2, 0.25) is 0 Å². The highest BCUT2D eigenvalue weighted by Crippen LogP contribution is 2.32. The Balaban J connectivity index is 2.23. The van der Waals surface area contributed by atoms with Crippen molar-refractivity contribution in [2.45, 2.75) is 32.7 Å². The van der Waals surface area contributed by atoms with Crippen molar-refractivity contribution in [3.63, 3.8) is 0 Å². The van der Waals surface area contributed by atoms with Crippen LogP contribution in [0.5, 0.6) is 0 Å². The van der Waals surface area contributed by atoms with Crippen LogP contribution in [0, 0.1) is 11.7 Å². The van der Waals surface area contributed by atoms with Crippen LogP contribution in [0.15, 0.2) is 18.2 Å². The van der Waals surface area contributed by atoms with Gasteiger partial charge in [0.15, 0.2) is 5.82 Å². The number of halogens is 1. The second-order valence-corrected chi connectivity index (χ2v) is 5.78. The number of nitrogens with one attached hydrogen (secondary N) is 1. The van der Waals surface area contributed by atoms with Crippen LogP contribution in [0.3, 0.4) is 0 Å². The summed E-state index contributed by atoms with van der Waals surface area (Å²) in [5.74, 6) is 1.70. The summed E-state index contributed by atoms with van der Waals surface area (Å²) in [5.41, 5.74) is 1.41. The normalized spacial score (nSPS) is 23.6. The van der Waals surface area contributed by atoms with Crippen molar-refractivity contribution in [3.05, 3.63) is 29.8 Å². The quantitative estimate of drug-likeness (QED) is 0.900. The Morgan fingerprint density at radius 1 is 1.37 bits per heavy atom. The molecule has 0 bridgehead atoms. The van der Waals surface area contributed by atoms with Gasteiger partial charge < -0.3 is 9.88 Å². The standard InChI is InChI=1S/C15H20FN3/c1-9(2)19-13-6-4-5-12(16)14(13)18-15(19)11-8-17-7-10(11)3/h4-6,9-11,17H,7-8H2,1-3H3. The van der Waals surface area contributed by atoms with Crippen molar-refractivity contribution in [1.82, 2.24) is 14.9 Å². The molecule has 1 fully saturated rings. The number of hydrogen-bond acceptors (Lipinski definition) is 2. The SMILES string of the molecule is CC1CNCC1c1nc2c(F)cccc2n1C(C)C. The lowest BCUT2D eigenvalue weighted by Gasteiger charge is -2.19. The van der Waals surface area contributed by atoms with Crippen molar-refractivity contribution in [1.29, 1.82) is 0 Å². The highest BCUT2D eigenvalue weighted by Gasteiger charge is 2.30. The van der Waals surface area contributed by atoms with E-state index in [1.807, 2.05) is 6.07 Å². The van der Waals surface area contributed by atoms with E-state index < -0.39 is 0 Å². The second kappa shape index (κ2) is 4.60. The minimum absolute atomic E-state index is 0.225. The molecule has 2 aromatic rings. The van der Waals surface area contributed by atoms with Gasteiger partial charge in [-0.05, 0) is 38.4 Å². The van der Waals surface area contributed by atoms with Crippen molar-refractivity contribution in [2.24, 2.45) is 5.92 Å². The molecule has 0 amide bonds. The highest BCUT2D eigenvalue weighted by molar-refractivity contribution is 5.77. The Morgan fingerprint density at radius 3 is 2.79 bits per heavy atom. The lowest BCUT2D eigenvalue weighted by Crippen LogP contribution is -2.16. The summed E-state index contributed by atoms with van der Waals surface area (Å²) in [5, 5.41) is 3.40. The number of hydrogen-bond donors (Lipinski definition) is 1. The van der Waals surface area contributed by atoms with Gasteiger partial charge in [-0.15, -0.1) is 0 Å². The van der Waals surface area contributed by atoms with Crippen LogP contribution < -0.4 is 5.32 Å². The summed E-state index contributed by atoms with van der Waals surface area (Å²) in [6, 6.07) is 5.50. The van der Waals surface area contributed by atoms with E-state index in [0.29, 0.717) is 17.4 Å². The fraction of sp³-hybridized carbons (Fsp3) is 0.533. The van der Waals surface area contributed by atoms with Crippen molar-refractivity contribution < 1.29 is 4.39 Å². The first kappa shape index (κ1) is 12.6. The molecule has 2 heterocycles. The van der Waals surface area contributed by atoms with Gasteiger partial charge in [-0.1, -0.05) is 13.0 Å². The van der Waals surface area contributed by atoms with Gasteiger partial charge in [0.05, 0.1) is 5.52 Å². The highest BCUT2D eigenvalue weighted by atomic mass is 19.1. The van der Waals surface area contributed by atoms with Gasteiger partial charge in [0.25, 0.3) is 0 Å². The molecule has 4 heteroatoms. The first-order chi connectivity index (χ1) is 9.09. The third-order valence-electron chi connectivity index (χ3n) is 4.06. The van der Waals surface area contributed by atoms with E-state index in [2.05, 4.69) is 35.6 Å². The van der Waals surface area contributed by atoms with E-state index in [-0.39, 0.29) is 11.9 Å². The topological polar surface area (TPSA) is 29.9 Å². The predicted molar refractivity (Wildman–Crippen MR) is 74.9 cm³/mol. The van der Waals surface area contributed by atoms with Crippen LogP contribution in [0.2, 0.25) is 0 Å². The van der Waals surface area contributed by atoms with Crippen LogP contribution in [-0.2, 0) is 0 Å². The number of rotatable bonds is 2. The molecule has 1 aliphatic heterocycles. The summed E-state index contributed by atoms with van der Waals surface area (Å²) in [7, 11) is 0. The second-order valence-electron chi connectivity index (χ2n) is 5.78. The van der Waals surface area contributed by atoms with Gasteiger partial charge in [0, 0.05) is 18.5 Å². The minimum atomic E-state index is -0.225. The molecule has 1 aliphatic rings. The fourth-order valence-electron chi connectivity index (χ4n) is 3.06. The average molecular weight is 261 g/mol. The molecule has 1 aromatic heterocycles. The molecule has 2 unspecified atom stereocenters. The molecule has 2 atom stereocenters. The maximum atomic E-state index is 13.9. The van der Waals surface area contributed by atoms with Crippen LogP contribution >= 0.6 is 0 Å². The largest absolute Gasteiger partial charge is 0.325 e. The summed E-state index contributed by atoms with van der Waals surface area (Å²) < 4.78 is 16.1. The van der Waals surface area contributed by atoms with Crippen LogP contribution in [0.1, 0.15) is 38.6 Å². The van der Waals surface area contributed by atoms with Crippen molar-refractivity contribution in [3.8, 4) is 0 Å². The number of aromatic nitrogens is 2. The number of nitrogens with zero attached hydrogens (tertiary/aromatic N) is 2. The van der Waals surface area contributed by atoms with Crippen LogP contribution in [-0.4, -0.2) is 22.6 Å². The van der Waals surface area contributed by atoms with Crippen molar-refractivity contribution >= 4 is 11.0 Å². The lowest BCUT2D eigenvalue weighted by atomic mass is 9.97. The van der Waals surface area contributed by atoms with E-state index in [1.54, 1.807) is 6.07 Å². The zero-order chi connectivity index (χ0) is 13.6. The van der Waals surface area contributed by atoms with Crippen LogP contribution in [0.25, 0.3) is 11.0 Å². The molecule has 0 aliphatic carbocycles. The molecule has 1 N–H and O–H groups in total. The van der Waals surface area contributed by atoms with Gasteiger partial charge >= 0.3 is 0 Å². The molecule has 1 saturated heterocycles. The summed E-state index contributed by atoms with van der Waals surface area (Å²) >= 11 is 0. The number of para-hydroxylation sites is 1. The number of imidazole rings is 1. The molecule has 102 valence electrons. The summed E-state index contributed by atoms with van der Waals surface area (Å²) in [6.07, 6.45) is 0. The molecule has 0 radical (unpaired) electrons. The zero-order valence-corrected chi connectivity index (χ0v) is 11.7. The summed E-state index contributed by atoms with van der Waals surface area (Å²) in [6.45, 7) is 8.42. The predicted octanol–water partition coefficient (Wildman–Crippen LogP) is 3.08. The monoisotopic (exact) mass is 261 g/mol. The Labute approximate surface area is 112 Å². The summed E-state index contributed by atoms with van der Waals surface area (Å²) in [4.78, 5) is 4.61. The van der Waals surface area contributed by atoms with E-state index in [0.717, 1.165) is 24.4 Å². The molecule has 0 saturated carbocycles. The molecule has 3 rings (SSSR count). The fourth-order valence-corrected chi connectivity index (χ4v) is 3.06. The van der Waals surface area contributed by atoms with E-state index >= 15 is 0 Å². The van der Waals surface area contributed by atoms with Gasteiger partial charge in [-0.2, -0.15) is 0 Å². The Hall–Kier alpha value is -1.42. The van der Waals surface area contributed by atoms with Crippen molar-refractivity contribution in [2.75, 3.05) is 13.1 Å². The Kier molecular flexibility index (Phi) is 3.05. The molecule has 3 nitrogen and oxygen atoms in total. The molecule has 0 spiro atoms. The first-order valence-corrected chi connectivity index (χ1v) is 6.96. The Bertz CT molecular complexity index is 603. The average Bonchev–Trinajstić information content (AvgIpc) is 2.92. The van der Waals surface area contributed by atoms with Gasteiger partial charge in [-0.3, -0.25) is 0 Å². The van der Waals surface area contributed by atoms with Gasteiger partial charge in [0.1, 0.15) is 11.3 Å². The first-order valence-electron chi connectivity index (χ1n) is 6.96. The maximum absolute atomic E-state index is 13.9. The zero-order valence-electron chi connectivity index (χ0n) is 11.7. The van der Waals surface area contributed by atoms with Gasteiger partial charge in [-0.25, -0.2) is 9.37 Å².